The molecule has 0 aliphatic heterocycles. The second-order valence-corrected chi connectivity index (χ2v) is 4.73. The van der Waals surface area contributed by atoms with Crippen LogP contribution in [0.4, 0.5) is 17.6 Å². The van der Waals surface area contributed by atoms with Crippen molar-refractivity contribution in [1.82, 2.24) is 5.32 Å². The molecule has 0 heterocycles. The SMILES string of the molecule is CCOC(=O)CNC1=C(C(=N)C(F)F)C2CC2C1(F)F. The van der Waals surface area contributed by atoms with Crippen molar-refractivity contribution in [2.24, 2.45) is 11.8 Å². The predicted molar refractivity (Wildman–Crippen MR) is 61.9 cm³/mol. The smallest absolute Gasteiger partial charge is 0.325 e. The molecule has 2 atom stereocenters. The Labute approximate surface area is 112 Å². The Morgan fingerprint density at radius 1 is 1.55 bits per heavy atom. The average Bonchev–Trinajstić information content (AvgIpc) is 3.10. The summed E-state index contributed by atoms with van der Waals surface area (Å²) in [5.74, 6) is -5.80. The third kappa shape index (κ3) is 2.38. The van der Waals surface area contributed by atoms with E-state index in [1.54, 1.807) is 6.92 Å². The number of nitrogens with one attached hydrogen (secondary N) is 2. The van der Waals surface area contributed by atoms with E-state index >= 15 is 0 Å². The molecule has 1 fully saturated rings. The maximum Gasteiger partial charge on any atom is 0.325 e. The minimum absolute atomic E-state index is 0.0981. The van der Waals surface area contributed by atoms with Gasteiger partial charge < -0.3 is 10.1 Å². The quantitative estimate of drug-likeness (QED) is 0.447. The van der Waals surface area contributed by atoms with Crippen LogP contribution >= 0.6 is 0 Å². The number of carbonyl (C=O) groups excluding carboxylic acids is 1. The molecule has 0 saturated heterocycles. The summed E-state index contributed by atoms with van der Waals surface area (Å²) in [6.07, 6.45) is -3.01. The molecule has 4 nitrogen and oxygen atoms in total. The van der Waals surface area contributed by atoms with E-state index in [4.69, 9.17) is 5.41 Å². The summed E-state index contributed by atoms with van der Waals surface area (Å²) in [5, 5.41) is 9.46. The van der Waals surface area contributed by atoms with Gasteiger partial charge in [-0.05, 0) is 19.3 Å². The average molecular weight is 294 g/mol. The number of ether oxygens (including phenoxy) is 1. The fourth-order valence-corrected chi connectivity index (χ4v) is 2.50. The second-order valence-electron chi connectivity index (χ2n) is 4.73. The van der Waals surface area contributed by atoms with Crippen molar-refractivity contribution in [3.05, 3.63) is 11.3 Å². The van der Waals surface area contributed by atoms with E-state index in [0.29, 0.717) is 0 Å². The lowest BCUT2D eigenvalue weighted by Gasteiger charge is -2.20. The monoisotopic (exact) mass is 294 g/mol. The van der Waals surface area contributed by atoms with Gasteiger partial charge in [-0.15, -0.1) is 0 Å². The lowest BCUT2D eigenvalue weighted by atomic mass is 10.1. The van der Waals surface area contributed by atoms with Crippen molar-refractivity contribution < 1.29 is 27.1 Å². The number of fused-ring (bicyclic) bond motifs is 1. The molecule has 0 bridgehead atoms. The molecule has 0 aromatic rings. The van der Waals surface area contributed by atoms with E-state index < -0.39 is 48.1 Å². The van der Waals surface area contributed by atoms with Crippen LogP contribution < -0.4 is 5.32 Å². The first-order chi connectivity index (χ1) is 9.30. The van der Waals surface area contributed by atoms with Gasteiger partial charge in [0.15, 0.2) is 0 Å². The maximum atomic E-state index is 13.9. The van der Waals surface area contributed by atoms with Gasteiger partial charge in [-0.25, -0.2) is 8.78 Å². The Kier molecular flexibility index (Phi) is 3.75. The van der Waals surface area contributed by atoms with Gasteiger partial charge >= 0.3 is 5.97 Å². The van der Waals surface area contributed by atoms with Crippen molar-refractivity contribution in [2.45, 2.75) is 25.7 Å². The lowest BCUT2D eigenvalue weighted by Crippen LogP contribution is -2.35. The highest BCUT2D eigenvalue weighted by atomic mass is 19.3. The number of carbonyl (C=O) groups is 1. The molecule has 2 N–H and O–H groups in total. The Morgan fingerprint density at radius 3 is 2.75 bits per heavy atom. The van der Waals surface area contributed by atoms with E-state index in [1.807, 2.05) is 0 Å². The predicted octanol–water partition coefficient (Wildman–Crippen LogP) is 1.96. The minimum atomic E-state index is -3.30. The maximum absolute atomic E-state index is 13.9. The van der Waals surface area contributed by atoms with Gasteiger partial charge in [-0.3, -0.25) is 10.2 Å². The first kappa shape index (κ1) is 14.8. The highest BCUT2D eigenvalue weighted by molar-refractivity contribution is 6.02. The molecule has 0 aromatic heterocycles. The summed E-state index contributed by atoms with van der Waals surface area (Å²) in [6, 6.07) is 0. The summed E-state index contributed by atoms with van der Waals surface area (Å²) in [4.78, 5) is 11.2. The molecule has 20 heavy (non-hydrogen) atoms. The third-order valence-corrected chi connectivity index (χ3v) is 3.45. The summed E-state index contributed by atoms with van der Waals surface area (Å²) >= 11 is 0. The first-order valence-electron chi connectivity index (χ1n) is 6.19. The molecule has 2 rings (SSSR count). The zero-order valence-electron chi connectivity index (χ0n) is 10.7. The van der Waals surface area contributed by atoms with Gasteiger partial charge in [-0.2, -0.15) is 8.78 Å². The molecular formula is C12H14F4N2O2. The molecule has 0 spiro atoms. The van der Waals surface area contributed by atoms with Crippen LogP contribution in [0.5, 0.6) is 0 Å². The molecule has 2 aliphatic rings. The van der Waals surface area contributed by atoms with Crippen LogP contribution in [0.15, 0.2) is 11.3 Å². The second kappa shape index (κ2) is 5.06. The van der Waals surface area contributed by atoms with Crippen molar-refractivity contribution >= 4 is 11.7 Å². The number of alkyl halides is 4. The van der Waals surface area contributed by atoms with Crippen LogP contribution in [0.1, 0.15) is 13.3 Å². The van der Waals surface area contributed by atoms with E-state index in [0.717, 1.165) is 0 Å². The van der Waals surface area contributed by atoms with Gasteiger partial charge in [0, 0.05) is 11.5 Å². The molecular weight excluding hydrogens is 280 g/mol. The molecule has 112 valence electrons. The standard InChI is InChI=1S/C12H14F4N2O2/c1-2-20-7(19)4-18-10-8(9(17)11(13)14)5-3-6(5)12(10,15)16/h5-6,11,17-18H,2-4H2,1H3. The zero-order valence-corrected chi connectivity index (χ0v) is 10.7. The summed E-state index contributed by atoms with van der Waals surface area (Å²) in [7, 11) is 0. The largest absolute Gasteiger partial charge is 0.465 e. The van der Waals surface area contributed by atoms with Crippen molar-refractivity contribution in [3.63, 3.8) is 0 Å². The van der Waals surface area contributed by atoms with Crippen molar-refractivity contribution in [1.29, 1.82) is 5.41 Å². The Morgan fingerprint density at radius 2 is 2.20 bits per heavy atom. The fraction of sp³-hybridized carbons (Fsp3) is 0.667. The number of allylic oxidation sites excluding steroid dienone is 2. The van der Waals surface area contributed by atoms with Crippen molar-refractivity contribution in [3.8, 4) is 0 Å². The fourth-order valence-electron chi connectivity index (χ4n) is 2.50. The summed E-state index contributed by atoms with van der Waals surface area (Å²) < 4.78 is 57.6. The lowest BCUT2D eigenvalue weighted by molar-refractivity contribution is -0.142. The Balaban J connectivity index is 2.19. The van der Waals surface area contributed by atoms with Crippen LogP contribution in [0, 0.1) is 17.2 Å². The van der Waals surface area contributed by atoms with Gasteiger partial charge in [-0.1, -0.05) is 0 Å². The highest BCUT2D eigenvalue weighted by Gasteiger charge is 2.66. The van der Waals surface area contributed by atoms with E-state index in [9.17, 15) is 22.4 Å². The molecule has 1 saturated carbocycles. The molecule has 0 aromatic carbocycles. The van der Waals surface area contributed by atoms with Gasteiger partial charge in [0.2, 0.25) is 0 Å². The van der Waals surface area contributed by atoms with E-state index in [-0.39, 0.29) is 18.6 Å². The molecule has 8 heteroatoms. The van der Waals surface area contributed by atoms with Crippen LogP contribution in [0.3, 0.4) is 0 Å². The number of halogens is 4. The number of rotatable bonds is 6. The van der Waals surface area contributed by atoms with E-state index in [2.05, 4.69) is 10.1 Å². The number of hydrogen-bond donors (Lipinski definition) is 2. The van der Waals surface area contributed by atoms with Crippen molar-refractivity contribution in [2.75, 3.05) is 13.2 Å². The first-order valence-corrected chi connectivity index (χ1v) is 6.19. The van der Waals surface area contributed by atoms with Gasteiger partial charge in [0.25, 0.3) is 12.3 Å². The molecule has 2 unspecified atom stereocenters. The van der Waals surface area contributed by atoms with Crippen LogP contribution in [0.25, 0.3) is 0 Å². The topological polar surface area (TPSA) is 62.2 Å². The number of esters is 1. The highest BCUT2D eigenvalue weighted by Crippen LogP contribution is 2.62. The molecule has 0 amide bonds. The van der Waals surface area contributed by atoms with Crippen LogP contribution in [-0.4, -0.2) is 37.2 Å². The van der Waals surface area contributed by atoms with Crippen LogP contribution in [0.2, 0.25) is 0 Å². The number of hydrogen-bond acceptors (Lipinski definition) is 4. The molecule has 0 radical (unpaired) electrons. The Hall–Kier alpha value is -1.60. The van der Waals surface area contributed by atoms with Gasteiger partial charge in [0.05, 0.1) is 12.3 Å². The molecule has 2 aliphatic carbocycles. The summed E-state index contributed by atoms with van der Waals surface area (Å²) in [6.45, 7) is 1.13. The van der Waals surface area contributed by atoms with Crippen LogP contribution in [-0.2, 0) is 9.53 Å². The zero-order chi connectivity index (χ0) is 15.1. The van der Waals surface area contributed by atoms with Gasteiger partial charge in [0.1, 0.15) is 12.3 Å². The minimum Gasteiger partial charge on any atom is -0.465 e. The Bertz CT molecular complexity index is 476. The third-order valence-electron chi connectivity index (χ3n) is 3.45. The van der Waals surface area contributed by atoms with E-state index in [1.165, 1.54) is 0 Å². The summed E-state index contributed by atoms with van der Waals surface area (Å²) in [5.41, 5.74) is -2.17. The normalized spacial score (nSPS) is 26.5.